The third kappa shape index (κ3) is 2.91. The number of halogens is 1. The summed E-state index contributed by atoms with van der Waals surface area (Å²) < 4.78 is 0.952. The van der Waals surface area contributed by atoms with E-state index in [2.05, 4.69) is 15.9 Å². The highest BCUT2D eigenvalue weighted by Crippen LogP contribution is 2.33. The SMILES string of the molecule is Cc1cc(N(C)C(=O)C(C#N)C(=O)C2CC2)ccc1Br. The average Bonchev–Trinajstić information content (AvgIpc) is 3.26. The maximum atomic E-state index is 12.3. The van der Waals surface area contributed by atoms with Gasteiger partial charge in [0.05, 0.1) is 6.07 Å². The maximum Gasteiger partial charge on any atom is 0.251 e. The molecular weight excluding hydrogens is 320 g/mol. The number of hydrogen-bond donors (Lipinski definition) is 0. The van der Waals surface area contributed by atoms with E-state index in [9.17, 15) is 9.59 Å². The Balaban J connectivity index is 2.20. The molecule has 1 amide bonds. The molecule has 1 unspecified atom stereocenters. The molecule has 1 aliphatic rings. The third-order valence-electron chi connectivity index (χ3n) is 3.50. The second-order valence-corrected chi connectivity index (χ2v) is 5.92. The summed E-state index contributed by atoms with van der Waals surface area (Å²) in [6.07, 6.45) is 1.59. The van der Waals surface area contributed by atoms with Gasteiger partial charge in [-0.05, 0) is 43.5 Å². The van der Waals surface area contributed by atoms with Gasteiger partial charge in [0.2, 0.25) is 0 Å². The summed E-state index contributed by atoms with van der Waals surface area (Å²) in [5.41, 5.74) is 1.67. The molecule has 2 rings (SSSR count). The number of amides is 1. The van der Waals surface area contributed by atoms with Crippen molar-refractivity contribution >= 4 is 33.3 Å². The van der Waals surface area contributed by atoms with Crippen LogP contribution in [0.2, 0.25) is 0 Å². The van der Waals surface area contributed by atoms with Gasteiger partial charge in [-0.1, -0.05) is 15.9 Å². The molecule has 0 radical (unpaired) electrons. The lowest BCUT2D eigenvalue weighted by atomic mass is 10.0. The topological polar surface area (TPSA) is 61.2 Å². The first-order valence-electron chi connectivity index (χ1n) is 6.42. The van der Waals surface area contributed by atoms with Crippen LogP contribution in [-0.4, -0.2) is 18.7 Å². The molecule has 104 valence electrons. The molecule has 20 heavy (non-hydrogen) atoms. The van der Waals surface area contributed by atoms with E-state index in [4.69, 9.17) is 5.26 Å². The van der Waals surface area contributed by atoms with Gasteiger partial charge in [0, 0.05) is 23.1 Å². The molecule has 1 aromatic carbocycles. The Kier molecular flexibility index (Phi) is 4.24. The van der Waals surface area contributed by atoms with Gasteiger partial charge in [-0.15, -0.1) is 0 Å². The second-order valence-electron chi connectivity index (χ2n) is 5.07. The van der Waals surface area contributed by atoms with E-state index >= 15 is 0 Å². The van der Waals surface area contributed by atoms with Crippen LogP contribution in [0.4, 0.5) is 5.69 Å². The summed E-state index contributed by atoms with van der Waals surface area (Å²) in [5.74, 6) is -1.97. The Labute approximate surface area is 126 Å². The lowest BCUT2D eigenvalue weighted by molar-refractivity contribution is -0.130. The molecule has 5 heteroatoms. The van der Waals surface area contributed by atoms with Crippen molar-refractivity contribution in [1.82, 2.24) is 0 Å². The van der Waals surface area contributed by atoms with Crippen LogP contribution in [0.25, 0.3) is 0 Å². The van der Waals surface area contributed by atoms with E-state index in [1.54, 1.807) is 13.1 Å². The Morgan fingerprint density at radius 1 is 1.45 bits per heavy atom. The summed E-state index contributed by atoms with van der Waals surface area (Å²) in [7, 11) is 1.59. The van der Waals surface area contributed by atoms with Gasteiger partial charge in [-0.3, -0.25) is 9.59 Å². The minimum atomic E-state index is -1.18. The molecule has 1 atom stereocenters. The first-order valence-corrected chi connectivity index (χ1v) is 7.22. The molecule has 0 saturated heterocycles. The fourth-order valence-corrected chi connectivity index (χ4v) is 2.25. The Bertz CT molecular complexity index is 602. The Hall–Kier alpha value is -1.67. The second kappa shape index (κ2) is 5.76. The lowest BCUT2D eigenvalue weighted by Crippen LogP contribution is -2.37. The van der Waals surface area contributed by atoms with Crippen molar-refractivity contribution in [2.24, 2.45) is 11.8 Å². The average molecular weight is 335 g/mol. The summed E-state index contributed by atoms with van der Waals surface area (Å²) >= 11 is 3.40. The first-order chi connectivity index (χ1) is 9.45. The zero-order valence-electron chi connectivity index (χ0n) is 11.4. The Morgan fingerprint density at radius 2 is 2.10 bits per heavy atom. The molecule has 0 aliphatic heterocycles. The highest BCUT2D eigenvalue weighted by atomic mass is 79.9. The largest absolute Gasteiger partial charge is 0.314 e. The van der Waals surface area contributed by atoms with Crippen LogP contribution in [0.1, 0.15) is 18.4 Å². The highest BCUT2D eigenvalue weighted by Gasteiger charge is 2.39. The van der Waals surface area contributed by atoms with Crippen LogP contribution in [0, 0.1) is 30.1 Å². The number of carbonyl (C=O) groups is 2. The zero-order chi connectivity index (χ0) is 14.9. The van der Waals surface area contributed by atoms with E-state index in [0.29, 0.717) is 5.69 Å². The number of carbonyl (C=O) groups excluding carboxylic acids is 2. The van der Waals surface area contributed by atoms with Crippen LogP contribution < -0.4 is 4.90 Å². The minimum absolute atomic E-state index is 0.0938. The monoisotopic (exact) mass is 334 g/mol. The third-order valence-corrected chi connectivity index (χ3v) is 4.39. The molecule has 1 fully saturated rings. The number of rotatable bonds is 4. The Morgan fingerprint density at radius 3 is 2.60 bits per heavy atom. The lowest BCUT2D eigenvalue weighted by Gasteiger charge is -2.20. The van der Waals surface area contributed by atoms with Gasteiger partial charge in [-0.25, -0.2) is 0 Å². The van der Waals surface area contributed by atoms with E-state index < -0.39 is 11.8 Å². The smallest absolute Gasteiger partial charge is 0.251 e. The van der Waals surface area contributed by atoms with Crippen molar-refractivity contribution in [3.05, 3.63) is 28.2 Å². The van der Waals surface area contributed by atoms with E-state index in [1.165, 1.54) is 4.90 Å². The summed E-state index contributed by atoms with van der Waals surface area (Å²) in [4.78, 5) is 25.7. The fourth-order valence-electron chi connectivity index (χ4n) is 2.00. The van der Waals surface area contributed by atoms with Crippen molar-refractivity contribution in [3.63, 3.8) is 0 Å². The number of hydrogen-bond acceptors (Lipinski definition) is 3. The number of Topliss-reactive ketones (excluding diaryl/α,β-unsaturated/α-hetero) is 1. The van der Waals surface area contributed by atoms with Gasteiger partial charge in [0.1, 0.15) is 0 Å². The number of aryl methyl sites for hydroxylation is 1. The van der Waals surface area contributed by atoms with E-state index in [0.717, 1.165) is 22.9 Å². The van der Waals surface area contributed by atoms with E-state index in [1.807, 2.05) is 25.1 Å². The van der Waals surface area contributed by atoms with Crippen LogP contribution in [0.3, 0.4) is 0 Å². The molecule has 4 nitrogen and oxygen atoms in total. The molecule has 0 spiro atoms. The summed E-state index contributed by atoms with van der Waals surface area (Å²) in [5, 5.41) is 9.11. The number of nitriles is 1. The quantitative estimate of drug-likeness (QED) is 0.795. The van der Waals surface area contributed by atoms with Crippen LogP contribution >= 0.6 is 15.9 Å². The standard InChI is InChI=1S/C15H15BrN2O2/c1-9-7-11(5-6-13(9)16)18(2)15(20)12(8-17)14(19)10-3-4-10/h5-7,10,12H,3-4H2,1-2H3. The number of ketones is 1. The van der Waals surface area contributed by atoms with E-state index in [-0.39, 0.29) is 11.7 Å². The number of benzene rings is 1. The van der Waals surface area contributed by atoms with Gasteiger partial charge in [0.25, 0.3) is 5.91 Å². The van der Waals surface area contributed by atoms with Crippen LogP contribution in [0.5, 0.6) is 0 Å². The number of nitrogens with zero attached hydrogens (tertiary/aromatic N) is 2. The molecule has 0 aromatic heterocycles. The molecule has 0 heterocycles. The van der Waals surface area contributed by atoms with Crippen molar-refractivity contribution < 1.29 is 9.59 Å². The molecule has 1 aromatic rings. The van der Waals surface area contributed by atoms with Crippen molar-refractivity contribution in [3.8, 4) is 6.07 Å². The van der Waals surface area contributed by atoms with Gasteiger partial charge >= 0.3 is 0 Å². The van der Waals surface area contributed by atoms with Crippen molar-refractivity contribution in [2.75, 3.05) is 11.9 Å². The summed E-state index contributed by atoms with van der Waals surface area (Å²) in [6, 6.07) is 7.32. The predicted molar refractivity (Wildman–Crippen MR) is 79.1 cm³/mol. The van der Waals surface area contributed by atoms with Crippen LogP contribution in [0.15, 0.2) is 22.7 Å². The minimum Gasteiger partial charge on any atom is -0.314 e. The molecule has 0 N–H and O–H groups in total. The molecular formula is C15H15BrN2O2. The molecule has 1 aliphatic carbocycles. The fraction of sp³-hybridized carbons (Fsp3) is 0.400. The molecule has 0 bridgehead atoms. The predicted octanol–water partition coefficient (Wildman–Crippen LogP) is 2.84. The van der Waals surface area contributed by atoms with Crippen LogP contribution in [-0.2, 0) is 9.59 Å². The normalized spacial score (nSPS) is 15.3. The van der Waals surface area contributed by atoms with Gasteiger partial charge in [-0.2, -0.15) is 5.26 Å². The number of anilines is 1. The first kappa shape index (κ1) is 14.7. The van der Waals surface area contributed by atoms with Gasteiger partial charge in [0.15, 0.2) is 11.7 Å². The van der Waals surface area contributed by atoms with Gasteiger partial charge < -0.3 is 4.90 Å². The zero-order valence-corrected chi connectivity index (χ0v) is 13.0. The maximum absolute atomic E-state index is 12.3. The van der Waals surface area contributed by atoms with Crippen molar-refractivity contribution in [1.29, 1.82) is 5.26 Å². The van der Waals surface area contributed by atoms with Crippen molar-refractivity contribution in [2.45, 2.75) is 19.8 Å². The summed E-state index contributed by atoms with van der Waals surface area (Å²) in [6.45, 7) is 1.92. The molecule has 1 saturated carbocycles. The highest BCUT2D eigenvalue weighted by molar-refractivity contribution is 9.10.